The lowest BCUT2D eigenvalue weighted by Crippen LogP contribution is -2.24. The van der Waals surface area contributed by atoms with Crippen molar-refractivity contribution in [2.75, 3.05) is 19.0 Å². The molecule has 0 aliphatic heterocycles. The molecule has 0 atom stereocenters. The van der Waals surface area contributed by atoms with Crippen molar-refractivity contribution in [3.63, 3.8) is 0 Å². The lowest BCUT2D eigenvalue weighted by atomic mass is 10.2. The first-order valence-electron chi connectivity index (χ1n) is 7.34. The maximum absolute atomic E-state index is 11.9. The van der Waals surface area contributed by atoms with E-state index >= 15 is 0 Å². The predicted molar refractivity (Wildman–Crippen MR) is 87.2 cm³/mol. The third-order valence-electron chi connectivity index (χ3n) is 3.20. The molecule has 0 aliphatic rings. The van der Waals surface area contributed by atoms with Crippen LogP contribution in [0.4, 0.5) is 5.69 Å². The van der Waals surface area contributed by atoms with Gasteiger partial charge in [-0.05, 0) is 24.6 Å². The van der Waals surface area contributed by atoms with Gasteiger partial charge in [0.05, 0.1) is 7.11 Å². The number of benzene rings is 1. The van der Waals surface area contributed by atoms with Gasteiger partial charge in [-0.15, -0.1) is 0 Å². The fourth-order valence-corrected chi connectivity index (χ4v) is 2.04. The summed E-state index contributed by atoms with van der Waals surface area (Å²) in [6.45, 7) is 3.28. The number of hydrogen-bond donors (Lipinski definition) is 2. The zero-order valence-electron chi connectivity index (χ0n) is 12.9. The number of pyridine rings is 1. The number of methoxy groups -OCH3 is 1. The van der Waals surface area contributed by atoms with Gasteiger partial charge in [-0.3, -0.25) is 9.78 Å². The lowest BCUT2D eigenvalue weighted by Gasteiger charge is -2.11. The number of anilines is 1. The molecule has 0 saturated heterocycles. The van der Waals surface area contributed by atoms with Gasteiger partial charge in [0.15, 0.2) is 0 Å². The molecule has 116 valence electrons. The minimum absolute atomic E-state index is 0.150. The Hall–Kier alpha value is -2.56. The Morgan fingerprint density at radius 3 is 2.86 bits per heavy atom. The first-order chi connectivity index (χ1) is 10.7. The van der Waals surface area contributed by atoms with Crippen LogP contribution in [0.3, 0.4) is 0 Å². The fourth-order valence-electron chi connectivity index (χ4n) is 2.04. The van der Waals surface area contributed by atoms with E-state index in [4.69, 9.17) is 4.74 Å². The Morgan fingerprint density at radius 2 is 2.09 bits per heavy atom. The first kappa shape index (κ1) is 15.8. The molecular formula is C17H21N3O2. The molecule has 0 bridgehead atoms. The minimum Gasteiger partial charge on any atom is -0.496 e. The Bertz CT molecular complexity index is 629. The summed E-state index contributed by atoms with van der Waals surface area (Å²) in [7, 11) is 1.65. The molecule has 22 heavy (non-hydrogen) atoms. The van der Waals surface area contributed by atoms with Gasteiger partial charge >= 0.3 is 0 Å². The van der Waals surface area contributed by atoms with Crippen LogP contribution in [-0.4, -0.2) is 24.5 Å². The molecule has 1 aromatic heterocycles. The predicted octanol–water partition coefficient (Wildman–Crippen LogP) is 2.84. The smallest absolute Gasteiger partial charge is 0.269 e. The number of nitrogens with one attached hydrogen (secondary N) is 2. The number of carbonyl (C=O) groups is 1. The van der Waals surface area contributed by atoms with E-state index in [0.717, 1.165) is 23.4 Å². The molecule has 1 aromatic carbocycles. The van der Waals surface area contributed by atoms with Gasteiger partial charge in [-0.25, -0.2) is 0 Å². The third-order valence-corrected chi connectivity index (χ3v) is 3.20. The maximum Gasteiger partial charge on any atom is 0.269 e. The molecule has 2 rings (SSSR count). The highest BCUT2D eigenvalue weighted by atomic mass is 16.5. The second-order valence-corrected chi connectivity index (χ2v) is 4.85. The second-order valence-electron chi connectivity index (χ2n) is 4.85. The van der Waals surface area contributed by atoms with Crippen molar-refractivity contribution in [2.45, 2.75) is 19.9 Å². The minimum atomic E-state index is -0.150. The third kappa shape index (κ3) is 4.22. The van der Waals surface area contributed by atoms with Gasteiger partial charge in [0, 0.05) is 30.5 Å². The fraction of sp³-hybridized carbons (Fsp3) is 0.294. The van der Waals surface area contributed by atoms with Crippen LogP contribution in [-0.2, 0) is 6.54 Å². The largest absolute Gasteiger partial charge is 0.496 e. The molecule has 0 unspecified atom stereocenters. The van der Waals surface area contributed by atoms with Crippen molar-refractivity contribution >= 4 is 11.6 Å². The number of ether oxygens (including phenoxy) is 1. The molecule has 5 heteroatoms. The van der Waals surface area contributed by atoms with Crippen LogP contribution in [0.1, 0.15) is 29.4 Å². The SMILES string of the molecule is CCCNC(=O)c1cc(NCc2ccccc2OC)ccn1. The van der Waals surface area contributed by atoms with E-state index in [1.54, 1.807) is 19.4 Å². The summed E-state index contributed by atoms with van der Waals surface area (Å²) in [5.74, 6) is 0.688. The molecule has 0 spiro atoms. The van der Waals surface area contributed by atoms with E-state index in [1.807, 2.05) is 37.3 Å². The zero-order chi connectivity index (χ0) is 15.8. The van der Waals surface area contributed by atoms with Gasteiger partial charge < -0.3 is 15.4 Å². The summed E-state index contributed by atoms with van der Waals surface area (Å²) in [4.78, 5) is 16.0. The zero-order valence-corrected chi connectivity index (χ0v) is 12.9. The van der Waals surface area contributed by atoms with Crippen molar-refractivity contribution in [1.29, 1.82) is 0 Å². The molecule has 2 N–H and O–H groups in total. The molecule has 5 nitrogen and oxygen atoms in total. The Balaban J connectivity index is 2.03. The average Bonchev–Trinajstić information content (AvgIpc) is 2.58. The monoisotopic (exact) mass is 299 g/mol. The van der Waals surface area contributed by atoms with Gasteiger partial charge in [0.1, 0.15) is 11.4 Å². The van der Waals surface area contributed by atoms with Gasteiger partial charge in [-0.1, -0.05) is 25.1 Å². The van der Waals surface area contributed by atoms with E-state index in [2.05, 4.69) is 15.6 Å². The first-order valence-corrected chi connectivity index (χ1v) is 7.34. The quantitative estimate of drug-likeness (QED) is 0.825. The summed E-state index contributed by atoms with van der Waals surface area (Å²) in [6.07, 6.45) is 2.53. The lowest BCUT2D eigenvalue weighted by molar-refractivity contribution is 0.0948. The van der Waals surface area contributed by atoms with Crippen molar-refractivity contribution in [1.82, 2.24) is 10.3 Å². The van der Waals surface area contributed by atoms with E-state index in [9.17, 15) is 4.79 Å². The van der Waals surface area contributed by atoms with E-state index in [0.29, 0.717) is 18.8 Å². The Morgan fingerprint density at radius 1 is 1.27 bits per heavy atom. The van der Waals surface area contributed by atoms with E-state index in [-0.39, 0.29) is 5.91 Å². The number of amides is 1. The van der Waals surface area contributed by atoms with E-state index < -0.39 is 0 Å². The highest BCUT2D eigenvalue weighted by Gasteiger charge is 2.07. The maximum atomic E-state index is 11.9. The van der Waals surface area contributed by atoms with E-state index in [1.165, 1.54) is 0 Å². The Labute approximate surface area is 130 Å². The number of hydrogen-bond acceptors (Lipinski definition) is 4. The van der Waals surface area contributed by atoms with Crippen LogP contribution in [0.25, 0.3) is 0 Å². The summed E-state index contributed by atoms with van der Waals surface area (Å²) >= 11 is 0. The van der Waals surface area contributed by atoms with Crippen molar-refractivity contribution < 1.29 is 9.53 Å². The summed E-state index contributed by atoms with van der Waals surface area (Å²) in [5.41, 5.74) is 2.32. The molecular weight excluding hydrogens is 278 g/mol. The molecule has 0 aliphatic carbocycles. The standard InChI is InChI=1S/C17H21N3O2/c1-3-9-19-17(21)15-11-14(8-10-18-15)20-12-13-6-4-5-7-16(13)22-2/h4-8,10-11H,3,9,12H2,1-2H3,(H,18,20)(H,19,21). The van der Waals surface area contributed by atoms with Crippen LogP contribution in [0.5, 0.6) is 5.75 Å². The Kier molecular flexibility index (Phi) is 5.77. The van der Waals surface area contributed by atoms with Crippen molar-refractivity contribution in [3.8, 4) is 5.75 Å². The normalized spacial score (nSPS) is 10.1. The molecule has 0 saturated carbocycles. The molecule has 2 aromatic rings. The number of aromatic nitrogens is 1. The number of rotatable bonds is 7. The topological polar surface area (TPSA) is 63.2 Å². The van der Waals surface area contributed by atoms with Crippen LogP contribution >= 0.6 is 0 Å². The van der Waals surface area contributed by atoms with Crippen LogP contribution < -0.4 is 15.4 Å². The molecule has 0 fully saturated rings. The summed E-state index contributed by atoms with van der Waals surface area (Å²) in [5, 5.41) is 6.11. The van der Waals surface area contributed by atoms with Gasteiger partial charge in [0.25, 0.3) is 5.91 Å². The number of para-hydroxylation sites is 1. The molecule has 1 amide bonds. The highest BCUT2D eigenvalue weighted by Crippen LogP contribution is 2.19. The van der Waals surface area contributed by atoms with Crippen LogP contribution in [0, 0.1) is 0 Å². The van der Waals surface area contributed by atoms with Crippen LogP contribution in [0.15, 0.2) is 42.6 Å². The highest BCUT2D eigenvalue weighted by molar-refractivity contribution is 5.93. The van der Waals surface area contributed by atoms with Crippen LogP contribution in [0.2, 0.25) is 0 Å². The average molecular weight is 299 g/mol. The van der Waals surface area contributed by atoms with Gasteiger partial charge in [0.2, 0.25) is 0 Å². The number of carbonyl (C=O) groups excluding carboxylic acids is 1. The second kappa shape index (κ2) is 8.02. The van der Waals surface area contributed by atoms with Gasteiger partial charge in [-0.2, -0.15) is 0 Å². The van der Waals surface area contributed by atoms with Crippen molar-refractivity contribution in [2.24, 2.45) is 0 Å². The summed E-state index contributed by atoms with van der Waals surface area (Å²) in [6, 6.07) is 11.4. The van der Waals surface area contributed by atoms with Crippen molar-refractivity contribution in [3.05, 3.63) is 53.9 Å². The molecule has 0 radical (unpaired) electrons. The number of nitrogens with zero attached hydrogens (tertiary/aromatic N) is 1. The molecule has 1 heterocycles. The summed E-state index contributed by atoms with van der Waals surface area (Å²) < 4.78 is 5.32.